The highest BCUT2D eigenvalue weighted by Crippen LogP contribution is 2.12. The molecule has 1 aliphatic rings. The Balaban J connectivity index is 1.91. The molecule has 0 amide bonds. The van der Waals surface area contributed by atoms with E-state index in [4.69, 9.17) is 5.73 Å². The highest BCUT2D eigenvalue weighted by atomic mass is 15.1. The molecule has 2 N–H and O–H groups in total. The van der Waals surface area contributed by atoms with Crippen molar-refractivity contribution in [1.82, 2.24) is 4.90 Å². The summed E-state index contributed by atoms with van der Waals surface area (Å²) in [6, 6.07) is 11.1. The van der Waals surface area contributed by atoms with E-state index in [-0.39, 0.29) is 0 Å². The van der Waals surface area contributed by atoms with E-state index < -0.39 is 0 Å². The Labute approximate surface area is 98.4 Å². The lowest BCUT2D eigenvalue weighted by atomic mass is 10.0. The lowest BCUT2D eigenvalue weighted by Gasteiger charge is -2.28. The first-order chi connectivity index (χ1) is 7.84. The zero-order valence-corrected chi connectivity index (χ0v) is 9.94. The monoisotopic (exact) mass is 218 g/mol. The minimum absolute atomic E-state index is 0.365. The van der Waals surface area contributed by atoms with E-state index in [1.165, 1.54) is 37.8 Å². The number of nitrogens with zero attached hydrogens (tertiary/aromatic N) is 1. The molecule has 1 fully saturated rings. The van der Waals surface area contributed by atoms with Gasteiger partial charge in [0.15, 0.2) is 0 Å². The van der Waals surface area contributed by atoms with E-state index in [9.17, 15) is 0 Å². The van der Waals surface area contributed by atoms with Gasteiger partial charge in [0.2, 0.25) is 0 Å². The molecule has 0 unspecified atom stereocenters. The van der Waals surface area contributed by atoms with Gasteiger partial charge in [0, 0.05) is 19.1 Å². The van der Waals surface area contributed by atoms with E-state index in [1.807, 2.05) is 0 Å². The number of rotatable bonds is 2. The van der Waals surface area contributed by atoms with Gasteiger partial charge in [0.1, 0.15) is 0 Å². The van der Waals surface area contributed by atoms with Gasteiger partial charge in [0.05, 0.1) is 0 Å². The summed E-state index contributed by atoms with van der Waals surface area (Å²) in [5.74, 6) is 0. The molecule has 0 bridgehead atoms. The number of hydrogen-bond acceptors (Lipinski definition) is 2. The summed E-state index contributed by atoms with van der Waals surface area (Å²) in [7, 11) is 0. The van der Waals surface area contributed by atoms with Crippen LogP contribution in [0.5, 0.6) is 0 Å². The maximum atomic E-state index is 6.11. The van der Waals surface area contributed by atoms with E-state index in [0.29, 0.717) is 6.04 Å². The molecule has 0 radical (unpaired) electrons. The molecule has 2 nitrogen and oxygen atoms in total. The highest BCUT2D eigenvalue weighted by molar-refractivity contribution is 5.14. The minimum Gasteiger partial charge on any atom is -0.327 e. The van der Waals surface area contributed by atoms with Gasteiger partial charge in [-0.1, -0.05) is 43.2 Å². The molecule has 1 heterocycles. The average Bonchev–Trinajstić information content (AvgIpc) is 2.27. The lowest BCUT2D eigenvalue weighted by molar-refractivity contribution is 0.223. The van der Waals surface area contributed by atoms with Crippen molar-refractivity contribution in [1.29, 1.82) is 0 Å². The van der Waals surface area contributed by atoms with Crippen LogP contribution >= 0.6 is 0 Å². The van der Waals surface area contributed by atoms with Crippen molar-refractivity contribution >= 4 is 0 Å². The average molecular weight is 218 g/mol. The summed E-state index contributed by atoms with van der Waals surface area (Å²) < 4.78 is 0. The molecule has 2 heteroatoms. The van der Waals surface area contributed by atoms with Gasteiger partial charge in [-0.2, -0.15) is 0 Å². The molecule has 2 rings (SSSR count). The molecule has 1 saturated heterocycles. The molecule has 1 atom stereocenters. The maximum Gasteiger partial charge on any atom is 0.0234 e. The van der Waals surface area contributed by atoms with Gasteiger partial charge in [-0.15, -0.1) is 0 Å². The number of hydrogen-bond donors (Lipinski definition) is 1. The van der Waals surface area contributed by atoms with Gasteiger partial charge >= 0.3 is 0 Å². The second-order valence-corrected chi connectivity index (χ2v) is 4.83. The van der Waals surface area contributed by atoms with Crippen molar-refractivity contribution in [3.63, 3.8) is 0 Å². The number of benzene rings is 1. The first kappa shape index (κ1) is 11.6. The van der Waals surface area contributed by atoms with Crippen LogP contribution in [0, 0.1) is 0 Å². The molecule has 16 heavy (non-hydrogen) atoms. The van der Waals surface area contributed by atoms with Crippen molar-refractivity contribution < 1.29 is 0 Å². The van der Waals surface area contributed by atoms with Crippen molar-refractivity contribution in [2.75, 3.05) is 13.1 Å². The molecular weight excluding hydrogens is 196 g/mol. The number of likely N-dealkylation sites (tertiary alicyclic amines) is 1. The van der Waals surface area contributed by atoms with Crippen LogP contribution in [-0.2, 0) is 6.54 Å². The number of nitrogens with two attached hydrogens (primary N) is 1. The SMILES string of the molecule is N[C@@H]1CCCCCN(Cc2ccccc2)C1. The van der Waals surface area contributed by atoms with E-state index in [1.54, 1.807) is 0 Å². The van der Waals surface area contributed by atoms with Crippen molar-refractivity contribution in [3.05, 3.63) is 35.9 Å². The fourth-order valence-corrected chi connectivity index (χ4v) is 2.42. The third kappa shape index (κ3) is 3.62. The van der Waals surface area contributed by atoms with Crippen molar-refractivity contribution in [2.45, 2.75) is 38.3 Å². The quantitative estimate of drug-likeness (QED) is 0.826. The normalized spacial score (nSPS) is 23.7. The topological polar surface area (TPSA) is 29.3 Å². The molecule has 0 aliphatic carbocycles. The van der Waals surface area contributed by atoms with E-state index in [2.05, 4.69) is 35.2 Å². The predicted octanol–water partition coefficient (Wildman–Crippen LogP) is 2.39. The molecule has 88 valence electrons. The van der Waals surface area contributed by atoms with Gasteiger partial charge in [0.25, 0.3) is 0 Å². The van der Waals surface area contributed by atoms with E-state index >= 15 is 0 Å². The van der Waals surface area contributed by atoms with Crippen LogP contribution in [0.1, 0.15) is 31.2 Å². The molecule has 0 spiro atoms. The second kappa shape index (κ2) is 6.02. The summed E-state index contributed by atoms with van der Waals surface area (Å²) in [4.78, 5) is 2.50. The molecule has 0 aromatic heterocycles. The van der Waals surface area contributed by atoms with Crippen molar-refractivity contribution in [2.24, 2.45) is 5.73 Å². The Morgan fingerprint density at radius 3 is 2.75 bits per heavy atom. The maximum absolute atomic E-state index is 6.11. The third-order valence-electron chi connectivity index (χ3n) is 3.29. The third-order valence-corrected chi connectivity index (χ3v) is 3.29. The summed E-state index contributed by atoms with van der Waals surface area (Å²) in [6.07, 6.45) is 5.14. The fraction of sp³-hybridized carbons (Fsp3) is 0.571. The summed E-state index contributed by atoms with van der Waals surface area (Å²) >= 11 is 0. The van der Waals surface area contributed by atoms with Gasteiger partial charge in [-0.25, -0.2) is 0 Å². The van der Waals surface area contributed by atoms with Gasteiger partial charge in [-0.3, -0.25) is 4.90 Å². The summed E-state index contributed by atoms with van der Waals surface area (Å²) in [5.41, 5.74) is 7.50. The highest BCUT2D eigenvalue weighted by Gasteiger charge is 2.13. The largest absolute Gasteiger partial charge is 0.327 e. The molecule has 1 aromatic rings. The van der Waals surface area contributed by atoms with Crippen LogP contribution in [-0.4, -0.2) is 24.0 Å². The Morgan fingerprint density at radius 1 is 1.12 bits per heavy atom. The fourth-order valence-electron chi connectivity index (χ4n) is 2.42. The van der Waals surface area contributed by atoms with Crippen LogP contribution < -0.4 is 5.73 Å². The summed E-state index contributed by atoms with van der Waals surface area (Å²) in [6.45, 7) is 3.30. The van der Waals surface area contributed by atoms with Crippen molar-refractivity contribution in [3.8, 4) is 0 Å². The molecular formula is C14H22N2. The molecule has 0 saturated carbocycles. The van der Waals surface area contributed by atoms with Crippen LogP contribution in [0.25, 0.3) is 0 Å². The zero-order valence-electron chi connectivity index (χ0n) is 9.94. The Hall–Kier alpha value is -0.860. The summed E-state index contributed by atoms with van der Waals surface area (Å²) in [5, 5.41) is 0. The Bertz CT molecular complexity index is 297. The second-order valence-electron chi connectivity index (χ2n) is 4.83. The van der Waals surface area contributed by atoms with E-state index in [0.717, 1.165) is 13.1 Å². The first-order valence-electron chi connectivity index (χ1n) is 6.36. The van der Waals surface area contributed by atoms with Gasteiger partial charge < -0.3 is 5.73 Å². The van der Waals surface area contributed by atoms with Gasteiger partial charge in [-0.05, 0) is 24.9 Å². The van der Waals surface area contributed by atoms with Crippen LogP contribution in [0.2, 0.25) is 0 Å². The Morgan fingerprint density at radius 2 is 1.94 bits per heavy atom. The zero-order chi connectivity index (χ0) is 11.2. The molecule has 1 aliphatic heterocycles. The standard InChI is InChI=1S/C14H22N2/c15-14-9-5-2-6-10-16(12-14)11-13-7-3-1-4-8-13/h1,3-4,7-8,14H,2,5-6,9-12,15H2/t14-/m1/s1. The van der Waals surface area contributed by atoms with Crippen LogP contribution in [0.3, 0.4) is 0 Å². The minimum atomic E-state index is 0.365. The smallest absolute Gasteiger partial charge is 0.0234 e. The first-order valence-corrected chi connectivity index (χ1v) is 6.36. The molecule has 1 aromatic carbocycles. The predicted molar refractivity (Wildman–Crippen MR) is 68.2 cm³/mol. The van der Waals surface area contributed by atoms with Crippen LogP contribution in [0.15, 0.2) is 30.3 Å². The lowest BCUT2D eigenvalue weighted by Crippen LogP contribution is -2.38. The Kier molecular flexibility index (Phi) is 4.37. The van der Waals surface area contributed by atoms with Crippen LogP contribution in [0.4, 0.5) is 0 Å².